The Hall–Kier alpha value is -2.14. The second-order valence-corrected chi connectivity index (χ2v) is 9.03. The van der Waals surface area contributed by atoms with Gasteiger partial charge in [-0.25, -0.2) is 0 Å². The van der Waals surface area contributed by atoms with E-state index in [0.29, 0.717) is 5.02 Å². The van der Waals surface area contributed by atoms with Crippen molar-refractivity contribution in [1.82, 2.24) is 0 Å². The van der Waals surface area contributed by atoms with Crippen LogP contribution in [0.3, 0.4) is 0 Å². The second kappa shape index (κ2) is 8.08. The highest BCUT2D eigenvalue weighted by Crippen LogP contribution is 2.34. The zero-order valence-electron chi connectivity index (χ0n) is 15.4. The summed E-state index contributed by atoms with van der Waals surface area (Å²) in [4.78, 5) is 0.112. The molecule has 0 saturated heterocycles. The Bertz CT molecular complexity index is 1090. The van der Waals surface area contributed by atoms with Crippen LogP contribution in [-0.4, -0.2) is 8.42 Å². The van der Waals surface area contributed by atoms with Crippen LogP contribution in [0.25, 0.3) is 11.1 Å². The van der Waals surface area contributed by atoms with Crippen molar-refractivity contribution in [2.75, 3.05) is 0 Å². The van der Waals surface area contributed by atoms with E-state index in [1.54, 1.807) is 12.1 Å². The molecule has 0 aliphatic heterocycles. The lowest BCUT2D eigenvalue weighted by atomic mass is 9.86. The minimum Gasteiger partial charge on any atom is -0.262 e. The van der Waals surface area contributed by atoms with E-state index in [2.05, 4.69) is 30.3 Å². The summed E-state index contributed by atoms with van der Waals surface area (Å²) >= 11 is 5.85. The molecule has 0 amide bonds. The monoisotopic (exact) mass is 412 g/mol. The van der Waals surface area contributed by atoms with Crippen LogP contribution in [0.4, 0.5) is 0 Å². The van der Waals surface area contributed by atoms with Crippen molar-refractivity contribution in [2.24, 2.45) is 0 Å². The van der Waals surface area contributed by atoms with Crippen molar-refractivity contribution in [3.05, 3.63) is 88.4 Å². The number of fused-ring (bicyclic) bond motifs is 3. The number of halogens is 1. The second-order valence-electron chi connectivity index (χ2n) is 6.98. The van der Waals surface area contributed by atoms with Gasteiger partial charge in [0.2, 0.25) is 0 Å². The molecule has 0 spiro atoms. The largest absolute Gasteiger partial charge is 0.297 e. The SMILES string of the molecule is O=S(=O)(OCc1cccc2c1CCCCc1ccccc1-2)c1ccc(Cl)cc1. The summed E-state index contributed by atoms with van der Waals surface area (Å²) < 4.78 is 30.5. The summed E-state index contributed by atoms with van der Waals surface area (Å²) in [7, 11) is -3.84. The normalized spacial score (nSPS) is 13.9. The third-order valence-corrected chi connectivity index (χ3v) is 6.71. The van der Waals surface area contributed by atoms with Gasteiger partial charge in [0.05, 0.1) is 11.5 Å². The molecule has 0 unspecified atom stereocenters. The van der Waals surface area contributed by atoms with Gasteiger partial charge in [0.25, 0.3) is 10.1 Å². The van der Waals surface area contributed by atoms with Crippen LogP contribution in [0.2, 0.25) is 5.02 Å². The average molecular weight is 413 g/mol. The Kier molecular flexibility index (Phi) is 5.54. The number of benzene rings is 3. The highest BCUT2D eigenvalue weighted by Gasteiger charge is 2.19. The van der Waals surface area contributed by atoms with Gasteiger partial charge in [0.1, 0.15) is 0 Å². The lowest BCUT2D eigenvalue weighted by molar-refractivity contribution is 0.307. The van der Waals surface area contributed by atoms with Crippen molar-refractivity contribution in [1.29, 1.82) is 0 Å². The maximum absolute atomic E-state index is 12.5. The molecule has 0 radical (unpaired) electrons. The standard InChI is InChI=1S/C23H21ClO3S/c24-19-12-14-20(15-13-19)28(25,26)27-16-18-8-5-11-23-21-9-3-1-6-17(21)7-2-4-10-22(18)23/h1,3,5-6,8-9,11-15H,2,4,7,10,16H2. The van der Waals surface area contributed by atoms with Gasteiger partial charge in [-0.05, 0) is 77.8 Å². The molecule has 28 heavy (non-hydrogen) atoms. The first kappa shape index (κ1) is 19.2. The van der Waals surface area contributed by atoms with Gasteiger partial charge in [-0.15, -0.1) is 0 Å². The molecule has 0 N–H and O–H groups in total. The predicted molar refractivity (Wildman–Crippen MR) is 112 cm³/mol. The molecule has 0 aromatic heterocycles. The lowest BCUT2D eigenvalue weighted by Crippen LogP contribution is -2.09. The van der Waals surface area contributed by atoms with Crippen LogP contribution in [0.1, 0.15) is 29.5 Å². The summed E-state index contributed by atoms with van der Waals surface area (Å²) in [5.41, 5.74) is 5.86. The van der Waals surface area contributed by atoms with E-state index < -0.39 is 10.1 Å². The predicted octanol–water partition coefficient (Wildman–Crippen LogP) is 5.79. The van der Waals surface area contributed by atoms with Crippen LogP contribution >= 0.6 is 11.6 Å². The minimum absolute atomic E-state index is 0.0241. The van der Waals surface area contributed by atoms with Gasteiger partial charge in [0.15, 0.2) is 0 Å². The summed E-state index contributed by atoms with van der Waals surface area (Å²) in [5.74, 6) is 0. The van der Waals surface area contributed by atoms with Crippen LogP contribution in [0.5, 0.6) is 0 Å². The molecular formula is C23H21ClO3S. The fourth-order valence-corrected chi connectivity index (χ4v) is 4.76. The molecular weight excluding hydrogens is 392 g/mol. The first-order valence-corrected chi connectivity index (χ1v) is 11.2. The quantitative estimate of drug-likeness (QED) is 0.509. The van der Waals surface area contributed by atoms with Gasteiger partial charge in [-0.2, -0.15) is 8.42 Å². The maximum atomic E-state index is 12.5. The smallest absolute Gasteiger partial charge is 0.262 e. The zero-order valence-corrected chi connectivity index (χ0v) is 17.0. The fourth-order valence-electron chi connectivity index (χ4n) is 3.75. The van der Waals surface area contributed by atoms with Crippen LogP contribution in [0, 0.1) is 0 Å². The van der Waals surface area contributed by atoms with Gasteiger partial charge in [-0.3, -0.25) is 4.18 Å². The van der Waals surface area contributed by atoms with E-state index in [-0.39, 0.29) is 11.5 Å². The van der Waals surface area contributed by atoms with E-state index in [1.165, 1.54) is 34.4 Å². The number of aryl methyl sites for hydroxylation is 1. The maximum Gasteiger partial charge on any atom is 0.297 e. The first-order chi connectivity index (χ1) is 13.5. The van der Waals surface area contributed by atoms with E-state index >= 15 is 0 Å². The molecule has 144 valence electrons. The van der Waals surface area contributed by atoms with Crippen molar-refractivity contribution in [2.45, 2.75) is 37.2 Å². The Morgan fingerprint density at radius 1 is 0.821 bits per heavy atom. The molecule has 1 aliphatic rings. The minimum atomic E-state index is -3.84. The van der Waals surface area contributed by atoms with Crippen molar-refractivity contribution >= 4 is 21.7 Å². The Balaban J connectivity index is 1.66. The zero-order chi connectivity index (χ0) is 19.6. The molecule has 0 saturated carbocycles. The van der Waals surface area contributed by atoms with Gasteiger partial charge < -0.3 is 0 Å². The molecule has 0 atom stereocenters. The molecule has 4 rings (SSSR count). The first-order valence-electron chi connectivity index (χ1n) is 9.39. The van der Waals surface area contributed by atoms with E-state index in [0.717, 1.165) is 31.2 Å². The molecule has 0 bridgehead atoms. The molecule has 3 aromatic rings. The van der Waals surface area contributed by atoms with Crippen molar-refractivity contribution in [3.8, 4) is 11.1 Å². The van der Waals surface area contributed by atoms with Crippen LogP contribution in [-0.2, 0) is 33.7 Å². The molecule has 3 nitrogen and oxygen atoms in total. The highest BCUT2D eigenvalue weighted by molar-refractivity contribution is 7.86. The van der Waals surface area contributed by atoms with Gasteiger partial charge in [-0.1, -0.05) is 54.1 Å². The summed E-state index contributed by atoms with van der Waals surface area (Å²) in [6.45, 7) is 0.0241. The fraction of sp³-hybridized carbons (Fsp3) is 0.217. The highest BCUT2D eigenvalue weighted by atomic mass is 35.5. The summed E-state index contributed by atoms with van der Waals surface area (Å²) in [5, 5.41) is 0.488. The van der Waals surface area contributed by atoms with Crippen LogP contribution in [0.15, 0.2) is 71.6 Å². The third-order valence-electron chi connectivity index (χ3n) is 5.18. The molecule has 0 heterocycles. The molecule has 1 aliphatic carbocycles. The summed E-state index contributed by atoms with van der Waals surface area (Å²) in [6, 6.07) is 20.5. The number of hydrogen-bond acceptors (Lipinski definition) is 3. The van der Waals surface area contributed by atoms with Gasteiger partial charge >= 0.3 is 0 Å². The van der Waals surface area contributed by atoms with Crippen molar-refractivity contribution < 1.29 is 12.6 Å². The lowest BCUT2D eigenvalue weighted by Gasteiger charge is -2.20. The van der Waals surface area contributed by atoms with E-state index in [9.17, 15) is 8.42 Å². The number of hydrogen-bond donors (Lipinski definition) is 0. The Labute approximate surface area is 171 Å². The number of rotatable bonds is 4. The topological polar surface area (TPSA) is 43.4 Å². The molecule has 3 aromatic carbocycles. The van der Waals surface area contributed by atoms with Crippen molar-refractivity contribution in [3.63, 3.8) is 0 Å². The average Bonchev–Trinajstić information content (AvgIpc) is 2.69. The third kappa shape index (κ3) is 4.00. The molecule has 0 fully saturated rings. The van der Waals surface area contributed by atoms with E-state index in [4.69, 9.17) is 15.8 Å². The Morgan fingerprint density at radius 2 is 1.54 bits per heavy atom. The Morgan fingerprint density at radius 3 is 2.36 bits per heavy atom. The van der Waals surface area contributed by atoms with Gasteiger partial charge in [0, 0.05) is 5.02 Å². The molecule has 5 heteroatoms. The van der Waals surface area contributed by atoms with E-state index in [1.807, 2.05) is 12.1 Å². The summed E-state index contributed by atoms with van der Waals surface area (Å²) in [6.07, 6.45) is 4.18. The van der Waals surface area contributed by atoms with Crippen LogP contribution < -0.4 is 0 Å².